The Bertz CT molecular complexity index is 859. The highest BCUT2D eigenvalue weighted by Gasteiger charge is 2.49. The van der Waals surface area contributed by atoms with Crippen molar-refractivity contribution in [2.45, 2.75) is 26.4 Å². The van der Waals surface area contributed by atoms with Crippen LogP contribution in [0.5, 0.6) is 0 Å². The van der Waals surface area contributed by atoms with E-state index in [1.165, 1.54) is 11.3 Å². The first-order chi connectivity index (χ1) is 12.8. The summed E-state index contributed by atoms with van der Waals surface area (Å²) in [5.74, 6) is 0.0238. The fourth-order valence-electron chi connectivity index (χ4n) is 3.63. The van der Waals surface area contributed by atoms with Gasteiger partial charge in [-0.3, -0.25) is 9.69 Å². The summed E-state index contributed by atoms with van der Waals surface area (Å²) in [6.45, 7) is 7.12. The maximum Gasteiger partial charge on any atom is 0.410 e. The molecular formula is C20H23N3O3S. The number of rotatable bonds is 2. The second-order valence-electron chi connectivity index (χ2n) is 8.07. The molecule has 0 N–H and O–H groups in total. The van der Waals surface area contributed by atoms with E-state index in [1.54, 1.807) is 9.80 Å². The van der Waals surface area contributed by atoms with Crippen LogP contribution in [0.2, 0.25) is 0 Å². The predicted octanol–water partition coefficient (Wildman–Crippen LogP) is 3.64. The van der Waals surface area contributed by atoms with Gasteiger partial charge in [0.1, 0.15) is 5.60 Å². The molecule has 4 rings (SSSR count). The number of ether oxygens (including phenoxy) is 1. The summed E-state index contributed by atoms with van der Waals surface area (Å²) in [4.78, 5) is 34.1. The van der Waals surface area contributed by atoms with E-state index >= 15 is 0 Å². The molecule has 142 valence electrons. The molecule has 6 nitrogen and oxygen atoms in total. The topological polar surface area (TPSA) is 62.7 Å². The molecule has 1 aromatic heterocycles. The molecule has 2 aliphatic rings. The summed E-state index contributed by atoms with van der Waals surface area (Å²) in [5, 5.41) is 0.733. The maximum absolute atomic E-state index is 12.9. The lowest BCUT2D eigenvalue weighted by Crippen LogP contribution is -2.38. The van der Waals surface area contributed by atoms with E-state index in [-0.39, 0.29) is 23.8 Å². The third kappa shape index (κ3) is 3.56. The molecule has 2 aliphatic heterocycles. The molecule has 2 atom stereocenters. The second kappa shape index (κ2) is 6.64. The summed E-state index contributed by atoms with van der Waals surface area (Å²) in [5.41, 5.74) is 0.573. The molecule has 0 bridgehead atoms. The Labute approximate surface area is 162 Å². The van der Waals surface area contributed by atoms with Gasteiger partial charge in [0.05, 0.1) is 10.8 Å². The third-order valence-corrected chi connectivity index (χ3v) is 5.95. The summed E-state index contributed by atoms with van der Waals surface area (Å²) in [6.07, 6.45) is 1.49. The number of anilines is 1. The number of likely N-dealkylation sites (tertiary alicyclic amines) is 1. The van der Waals surface area contributed by atoms with Crippen molar-refractivity contribution in [3.05, 3.63) is 36.5 Å². The molecule has 2 fully saturated rings. The standard InChI is InChI=1S/C20H23N3O3S/c1-20(2,3)26-19(25)22-10-14-11-23(17(24)15(14)12-22)18-21-9-16(27-18)13-7-5-4-6-8-13/h4-9,14-15H,10-12H2,1-3H3/t14-,15-/m0/s1. The lowest BCUT2D eigenvalue weighted by Gasteiger charge is -2.25. The van der Waals surface area contributed by atoms with Gasteiger partial charge < -0.3 is 9.64 Å². The van der Waals surface area contributed by atoms with Gasteiger partial charge in [0.15, 0.2) is 5.13 Å². The van der Waals surface area contributed by atoms with Crippen LogP contribution in [0.4, 0.5) is 9.93 Å². The number of aromatic nitrogens is 1. The molecule has 3 heterocycles. The molecule has 2 aromatic rings. The van der Waals surface area contributed by atoms with E-state index in [1.807, 2.05) is 57.3 Å². The number of carbonyl (C=O) groups is 2. The summed E-state index contributed by atoms with van der Waals surface area (Å²) in [6, 6.07) is 10.0. The molecule has 1 aromatic carbocycles. The molecule has 2 saturated heterocycles. The Balaban J connectivity index is 1.44. The van der Waals surface area contributed by atoms with Crippen molar-refractivity contribution >= 4 is 28.5 Å². The van der Waals surface area contributed by atoms with E-state index < -0.39 is 5.60 Å². The fraction of sp³-hybridized carbons (Fsp3) is 0.450. The molecule has 0 unspecified atom stereocenters. The molecule has 0 spiro atoms. The van der Waals surface area contributed by atoms with Crippen LogP contribution in [-0.2, 0) is 9.53 Å². The highest BCUT2D eigenvalue weighted by molar-refractivity contribution is 7.19. The fourth-order valence-corrected chi connectivity index (χ4v) is 4.57. The average Bonchev–Trinajstić information content (AvgIpc) is 3.30. The van der Waals surface area contributed by atoms with Crippen molar-refractivity contribution < 1.29 is 14.3 Å². The zero-order valence-electron chi connectivity index (χ0n) is 15.7. The quantitative estimate of drug-likeness (QED) is 0.792. The number of thiazole rings is 1. The van der Waals surface area contributed by atoms with Gasteiger partial charge in [-0.1, -0.05) is 41.7 Å². The van der Waals surface area contributed by atoms with Crippen LogP contribution < -0.4 is 4.90 Å². The number of fused-ring (bicyclic) bond motifs is 1. The molecule has 27 heavy (non-hydrogen) atoms. The summed E-state index contributed by atoms with van der Waals surface area (Å²) >= 11 is 1.53. The second-order valence-corrected chi connectivity index (χ2v) is 9.08. The summed E-state index contributed by atoms with van der Waals surface area (Å²) < 4.78 is 5.44. The highest BCUT2D eigenvalue weighted by atomic mass is 32.1. The van der Waals surface area contributed by atoms with Crippen molar-refractivity contribution in [1.82, 2.24) is 9.88 Å². The lowest BCUT2D eigenvalue weighted by molar-refractivity contribution is -0.120. The molecular weight excluding hydrogens is 362 g/mol. The van der Waals surface area contributed by atoms with Crippen LogP contribution in [0.25, 0.3) is 10.4 Å². The monoisotopic (exact) mass is 385 g/mol. The van der Waals surface area contributed by atoms with Crippen LogP contribution >= 0.6 is 11.3 Å². The van der Waals surface area contributed by atoms with Gasteiger partial charge in [0.2, 0.25) is 5.91 Å². The smallest absolute Gasteiger partial charge is 0.410 e. The van der Waals surface area contributed by atoms with Gasteiger partial charge in [0.25, 0.3) is 0 Å². The van der Waals surface area contributed by atoms with E-state index in [0.717, 1.165) is 15.6 Å². The number of hydrogen-bond donors (Lipinski definition) is 0. The van der Waals surface area contributed by atoms with E-state index in [4.69, 9.17) is 4.74 Å². The molecule has 0 radical (unpaired) electrons. The van der Waals surface area contributed by atoms with E-state index in [0.29, 0.717) is 19.6 Å². The zero-order valence-corrected chi connectivity index (χ0v) is 16.5. The molecule has 0 saturated carbocycles. The minimum atomic E-state index is -0.528. The SMILES string of the molecule is CC(C)(C)OC(=O)N1C[C@H]2CN(c3ncc(-c4ccccc4)s3)C(=O)[C@H]2C1. The van der Waals surface area contributed by atoms with Gasteiger partial charge >= 0.3 is 6.09 Å². The average molecular weight is 385 g/mol. The summed E-state index contributed by atoms with van der Waals surface area (Å²) in [7, 11) is 0. The normalized spacial score (nSPS) is 22.3. The Kier molecular flexibility index (Phi) is 4.42. The van der Waals surface area contributed by atoms with Crippen LogP contribution in [0.15, 0.2) is 36.5 Å². The van der Waals surface area contributed by atoms with E-state index in [2.05, 4.69) is 4.98 Å². The Morgan fingerprint density at radius 2 is 1.93 bits per heavy atom. The third-order valence-electron chi connectivity index (χ3n) is 4.88. The van der Waals surface area contributed by atoms with Gasteiger partial charge in [-0.15, -0.1) is 0 Å². The first kappa shape index (κ1) is 18.0. The van der Waals surface area contributed by atoms with Crippen molar-refractivity contribution in [2.75, 3.05) is 24.5 Å². The van der Waals surface area contributed by atoms with Crippen molar-refractivity contribution in [3.8, 4) is 10.4 Å². The van der Waals surface area contributed by atoms with Crippen LogP contribution in [-0.4, -0.2) is 47.1 Å². The Morgan fingerprint density at radius 3 is 2.59 bits per heavy atom. The number of benzene rings is 1. The predicted molar refractivity (Wildman–Crippen MR) is 105 cm³/mol. The zero-order chi connectivity index (χ0) is 19.2. The number of carbonyl (C=O) groups excluding carboxylic acids is 2. The highest BCUT2D eigenvalue weighted by Crippen LogP contribution is 2.39. The van der Waals surface area contributed by atoms with E-state index in [9.17, 15) is 9.59 Å². The van der Waals surface area contributed by atoms with Crippen molar-refractivity contribution in [3.63, 3.8) is 0 Å². The first-order valence-corrected chi connectivity index (χ1v) is 9.94. The van der Waals surface area contributed by atoms with Crippen molar-refractivity contribution in [1.29, 1.82) is 0 Å². The Morgan fingerprint density at radius 1 is 1.19 bits per heavy atom. The molecule has 7 heteroatoms. The van der Waals surface area contributed by atoms with Gasteiger partial charge in [0, 0.05) is 31.7 Å². The van der Waals surface area contributed by atoms with Gasteiger partial charge in [-0.2, -0.15) is 0 Å². The van der Waals surface area contributed by atoms with Crippen LogP contribution in [0.1, 0.15) is 20.8 Å². The maximum atomic E-state index is 12.9. The minimum absolute atomic E-state index is 0.0556. The van der Waals surface area contributed by atoms with Crippen LogP contribution in [0, 0.1) is 11.8 Å². The Hall–Kier alpha value is -2.41. The minimum Gasteiger partial charge on any atom is -0.444 e. The largest absolute Gasteiger partial charge is 0.444 e. The molecule has 2 amide bonds. The van der Waals surface area contributed by atoms with Gasteiger partial charge in [-0.25, -0.2) is 9.78 Å². The number of amides is 2. The first-order valence-electron chi connectivity index (χ1n) is 9.12. The van der Waals surface area contributed by atoms with Crippen molar-refractivity contribution in [2.24, 2.45) is 11.8 Å². The van der Waals surface area contributed by atoms with Crippen LogP contribution in [0.3, 0.4) is 0 Å². The number of nitrogens with zero attached hydrogens (tertiary/aromatic N) is 3. The van der Waals surface area contributed by atoms with Gasteiger partial charge in [-0.05, 0) is 26.3 Å². The molecule has 0 aliphatic carbocycles. The number of hydrogen-bond acceptors (Lipinski definition) is 5. The lowest BCUT2D eigenvalue weighted by atomic mass is 10.0.